The van der Waals surface area contributed by atoms with E-state index in [0.717, 1.165) is 29.0 Å². The van der Waals surface area contributed by atoms with Crippen LogP contribution in [0.25, 0.3) is 0 Å². The molecule has 0 saturated heterocycles. The summed E-state index contributed by atoms with van der Waals surface area (Å²) in [5, 5.41) is 4.12. The molecule has 108 valence electrons. The van der Waals surface area contributed by atoms with E-state index in [1.807, 2.05) is 38.4 Å². The van der Waals surface area contributed by atoms with Gasteiger partial charge in [-0.15, -0.1) is 0 Å². The van der Waals surface area contributed by atoms with Crippen molar-refractivity contribution in [2.75, 3.05) is 13.2 Å². The molecule has 0 radical (unpaired) electrons. The summed E-state index contributed by atoms with van der Waals surface area (Å²) < 4.78 is 13.2. The second-order valence-corrected chi connectivity index (χ2v) is 4.56. The van der Waals surface area contributed by atoms with E-state index in [-0.39, 0.29) is 0 Å². The quantitative estimate of drug-likeness (QED) is 0.838. The van der Waals surface area contributed by atoms with Crippen molar-refractivity contribution in [1.82, 2.24) is 9.78 Å². The Morgan fingerprint density at radius 3 is 2.70 bits per heavy atom. The number of aromatic nitrogens is 2. The summed E-state index contributed by atoms with van der Waals surface area (Å²) in [5.74, 6) is 1.51. The number of hydrogen-bond acceptors (Lipinski definition) is 4. The van der Waals surface area contributed by atoms with E-state index in [1.165, 1.54) is 0 Å². The molecule has 0 unspecified atom stereocenters. The lowest BCUT2D eigenvalue weighted by Crippen LogP contribution is -2.04. The molecule has 5 nitrogen and oxygen atoms in total. The van der Waals surface area contributed by atoms with Crippen molar-refractivity contribution in [3.8, 4) is 11.5 Å². The Morgan fingerprint density at radius 1 is 1.20 bits per heavy atom. The Kier molecular flexibility index (Phi) is 5.01. The van der Waals surface area contributed by atoms with Crippen molar-refractivity contribution in [3.63, 3.8) is 0 Å². The maximum atomic E-state index is 5.81. The lowest BCUT2D eigenvalue weighted by atomic mass is 10.1. The number of ether oxygens (including phenoxy) is 2. The van der Waals surface area contributed by atoms with Crippen LogP contribution in [0.15, 0.2) is 30.6 Å². The van der Waals surface area contributed by atoms with Crippen molar-refractivity contribution < 1.29 is 9.47 Å². The van der Waals surface area contributed by atoms with Crippen LogP contribution < -0.4 is 15.2 Å². The van der Waals surface area contributed by atoms with Crippen LogP contribution in [0.4, 0.5) is 0 Å². The van der Waals surface area contributed by atoms with Gasteiger partial charge in [0.25, 0.3) is 0 Å². The molecule has 0 aliphatic rings. The van der Waals surface area contributed by atoms with Gasteiger partial charge >= 0.3 is 0 Å². The first-order chi connectivity index (χ1) is 9.72. The molecule has 0 saturated carbocycles. The smallest absolute Gasteiger partial charge is 0.161 e. The average molecular weight is 275 g/mol. The standard InChI is InChI=1S/C15H21N3O2/c1-3-19-15-8-12(6-7-16)4-5-14(15)20-11-13-9-17-18(2)10-13/h4-5,8-10H,3,6-7,11,16H2,1-2H3. The minimum atomic E-state index is 0.476. The number of hydrogen-bond donors (Lipinski definition) is 1. The zero-order valence-corrected chi connectivity index (χ0v) is 12.0. The lowest BCUT2D eigenvalue weighted by molar-refractivity contribution is 0.269. The molecule has 0 fully saturated rings. The van der Waals surface area contributed by atoms with E-state index >= 15 is 0 Å². The number of aryl methyl sites for hydroxylation is 1. The van der Waals surface area contributed by atoms with Crippen LogP contribution in [0.1, 0.15) is 18.1 Å². The molecule has 5 heteroatoms. The Balaban J connectivity index is 2.09. The molecule has 0 spiro atoms. The summed E-state index contributed by atoms with van der Waals surface area (Å²) in [7, 11) is 1.89. The van der Waals surface area contributed by atoms with E-state index in [9.17, 15) is 0 Å². The highest BCUT2D eigenvalue weighted by molar-refractivity contribution is 5.43. The van der Waals surface area contributed by atoms with E-state index in [4.69, 9.17) is 15.2 Å². The van der Waals surface area contributed by atoms with Crippen molar-refractivity contribution >= 4 is 0 Å². The normalized spacial score (nSPS) is 10.6. The summed E-state index contributed by atoms with van der Waals surface area (Å²) in [6.45, 7) is 3.67. The van der Waals surface area contributed by atoms with Crippen molar-refractivity contribution in [3.05, 3.63) is 41.7 Å². The minimum absolute atomic E-state index is 0.476. The molecule has 1 heterocycles. The molecular formula is C15H21N3O2. The lowest BCUT2D eigenvalue weighted by Gasteiger charge is -2.12. The molecular weight excluding hydrogens is 254 g/mol. The van der Waals surface area contributed by atoms with Gasteiger partial charge in [-0.25, -0.2) is 0 Å². The second-order valence-electron chi connectivity index (χ2n) is 4.56. The van der Waals surface area contributed by atoms with Gasteiger partial charge in [0.15, 0.2) is 11.5 Å². The summed E-state index contributed by atoms with van der Waals surface area (Å²) >= 11 is 0. The number of benzene rings is 1. The van der Waals surface area contributed by atoms with Gasteiger partial charge in [0, 0.05) is 18.8 Å². The third kappa shape index (κ3) is 3.74. The maximum Gasteiger partial charge on any atom is 0.161 e. The van der Waals surface area contributed by atoms with E-state index in [2.05, 4.69) is 5.10 Å². The molecule has 1 aromatic carbocycles. The number of nitrogens with two attached hydrogens (primary N) is 1. The van der Waals surface area contributed by atoms with Crippen LogP contribution in [0.2, 0.25) is 0 Å². The van der Waals surface area contributed by atoms with E-state index in [1.54, 1.807) is 10.9 Å². The van der Waals surface area contributed by atoms with Crippen molar-refractivity contribution in [2.24, 2.45) is 12.8 Å². The number of nitrogens with zero attached hydrogens (tertiary/aromatic N) is 2. The van der Waals surface area contributed by atoms with Gasteiger partial charge in [-0.3, -0.25) is 4.68 Å². The SMILES string of the molecule is CCOc1cc(CCN)ccc1OCc1cnn(C)c1. The fourth-order valence-electron chi connectivity index (χ4n) is 1.97. The van der Waals surface area contributed by atoms with Gasteiger partial charge in [-0.05, 0) is 37.6 Å². The molecule has 0 atom stereocenters. The Labute approximate surface area is 119 Å². The molecule has 2 rings (SSSR count). The summed E-state index contributed by atoms with van der Waals surface area (Å²) in [6.07, 6.45) is 4.56. The zero-order valence-electron chi connectivity index (χ0n) is 12.0. The molecule has 2 aromatic rings. The highest BCUT2D eigenvalue weighted by Crippen LogP contribution is 2.29. The third-order valence-electron chi connectivity index (χ3n) is 2.89. The van der Waals surface area contributed by atoms with Crippen LogP contribution in [-0.4, -0.2) is 22.9 Å². The summed E-state index contributed by atoms with van der Waals surface area (Å²) in [6, 6.07) is 5.95. The monoisotopic (exact) mass is 275 g/mol. The molecule has 20 heavy (non-hydrogen) atoms. The topological polar surface area (TPSA) is 62.3 Å². The first kappa shape index (κ1) is 14.4. The summed E-state index contributed by atoms with van der Waals surface area (Å²) in [4.78, 5) is 0. The van der Waals surface area contributed by atoms with Gasteiger partial charge in [-0.1, -0.05) is 6.07 Å². The van der Waals surface area contributed by atoms with Gasteiger partial charge in [0.05, 0.1) is 12.8 Å². The van der Waals surface area contributed by atoms with Crippen LogP contribution in [0.5, 0.6) is 11.5 Å². The second kappa shape index (κ2) is 6.96. The first-order valence-electron chi connectivity index (χ1n) is 6.79. The number of rotatable bonds is 7. The molecule has 0 amide bonds. The van der Waals surface area contributed by atoms with Crippen LogP contribution in [0.3, 0.4) is 0 Å². The average Bonchev–Trinajstić information content (AvgIpc) is 2.84. The highest BCUT2D eigenvalue weighted by atomic mass is 16.5. The van der Waals surface area contributed by atoms with E-state index < -0.39 is 0 Å². The van der Waals surface area contributed by atoms with Crippen LogP contribution in [0, 0.1) is 0 Å². The third-order valence-corrected chi connectivity index (χ3v) is 2.89. The van der Waals surface area contributed by atoms with E-state index in [0.29, 0.717) is 19.8 Å². The first-order valence-corrected chi connectivity index (χ1v) is 6.79. The van der Waals surface area contributed by atoms with Gasteiger partial charge in [-0.2, -0.15) is 5.10 Å². The zero-order chi connectivity index (χ0) is 14.4. The highest BCUT2D eigenvalue weighted by Gasteiger charge is 2.07. The molecule has 1 aromatic heterocycles. The molecule has 0 aliphatic heterocycles. The van der Waals surface area contributed by atoms with Crippen molar-refractivity contribution in [1.29, 1.82) is 0 Å². The van der Waals surface area contributed by atoms with Crippen molar-refractivity contribution in [2.45, 2.75) is 20.0 Å². The van der Waals surface area contributed by atoms with Crippen LogP contribution >= 0.6 is 0 Å². The fraction of sp³-hybridized carbons (Fsp3) is 0.400. The molecule has 0 bridgehead atoms. The van der Waals surface area contributed by atoms with Gasteiger partial charge in [0.2, 0.25) is 0 Å². The Hall–Kier alpha value is -2.01. The van der Waals surface area contributed by atoms with Gasteiger partial charge in [0.1, 0.15) is 6.61 Å². The minimum Gasteiger partial charge on any atom is -0.490 e. The van der Waals surface area contributed by atoms with Crippen LogP contribution in [-0.2, 0) is 20.1 Å². The molecule has 2 N–H and O–H groups in total. The predicted octanol–water partition coefficient (Wildman–Crippen LogP) is 1.90. The Bertz CT molecular complexity index is 552. The van der Waals surface area contributed by atoms with Gasteiger partial charge < -0.3 is 15.2 Å². The summed E-state index contributed by atoms with van der Waals surface area (Å²) in [5.41, 5.74) is 7.76. The molecule has 0 aliphatic carbocycles. The predicted molar refractivity (Wildman–Crippen MR) is 77.9 cm³/mol. The fourth-order valence-corrected chi connectivity index (χ4v) is 1.97. The Morgan fingerprint density at radius 2 is 2.05 bits per heavy atom. The maximum absolute atomic E-state index is 5.81. The largest absolute Gasteiger partial charge is 0.490 e.